The number of rotatable bonds is 5. The predicted molar refractivity (Wildman–Crippen MR) is 119 cm³/mol. The summed E-state index contributed by atoms with van der Waals surface area (Å²) >= 11 is 0. The maximum absolute atomic E-state index is 13.2. The van der Waals surface area contributed by atoms with Crippen LogP contribution in [0.2, 0.25) is 0 Å². The first-order valence-electron chi connectivity index (χ1n) is 11.8. The summed E-state index contributed by atoms with van der Waals surface area (Å²) in [6.45, 7) is 8.19. The minimum absolute atomic E-state index is 0.0741. The number of carbonyl (C=O) groups is 3. The Labute approximate surface area is 185 Å². The number of nitrogens with zero attached hydrogens (tertiary/aromatic N) is 1. The fourth-order valence-electron chi connectivity index (χ4n) is 4.82. The van der Waals surface area contributed by atoms with Crippen molar-refractivity contribution in [2.45, 2.75) is 91.2 Å². The van der Waals surface area contributed by atoms with Gasteiger partial charge < -0.3 is 19.9 Å². The molecule has 1 atom stereocenters. The van der Waals surface area contributed by atoms with E-state index in [0.29, 0.717) is 35.6 Å². The van der Waals surface area contributed by atoms with Crippen LogP contribution in [0.15, 0.2) is 0 Å². The zero-order valence-corrected chi connectivity index (χ0v) is 19.4. The Hall–Kier alpha value is -2.31. The SMILES string of the molecule is Cc1[nH]c(C(=O)N2CCCC(C(=O)NC3CCCCCC3)C2)c(C)c1C(=O)OC(C)C. The van der Waals surface area contributed by atoms with Crippen molar-refractivity contribution in [2.75, 3.05) is 13.1 Å². The summed E-state index contributed by atoms with van der Waals surface area (Å²) in [5.74, 6) is -0.677. The normalized spacial score (nSPS) is 20.4. The lowest BCUT2D eigenvalue weighted by Gasteiger charge is -2.33. The average Bonchev–Trinajstić information content (AvgIpc) is 2.87. The molecular formula is C24H37N3O4. The Morgan fingerprint density at radius 1 is 1.03 bits per heavy atom. The molecule has 2 aliphatic rings. The summed E-state index contributed by atoms with van der Waals surface area (Å²) in [5.41, 5.74) is 2.08. The number of hydrogen-bond acceptors (Lipinski definition) is 4. The molecule has 0 radical (unpaired) electrons. The van der Waals surface area contributed by atoms with E-state index < -0.39 is 5.97 Å². The molecule has 2 heterocycles. The maximum Gasteiger partial charge on any atom is 0.340 e. The molecule has 1 unspecified atom stereocenters. The highest BCUT2D eigenvalue weighted by Crippen LogP contribution is 2.25. The summed E-state index contributed by atoms with van der Waals surface area (Å²) in [6, 6.07) is 0.268. The van der Waals surface area contributed by atoms with Crippen molar-refractivity contribution in [3.63, 3.8) is 0 Å². The number of likely N-dealkylation sites (tertiary alicyclic amines) is 1. The molecule has 0 bridgehead atoms. The van der Waals surface area contributed by atoms with E-state index in [2.05, 4.69) is 10.3 Å². The molecule has 1 aromatic heterocycles. The maximum atomic E-state index is 13.2. The van der Waals surface area contributed by atoms with Gasteiger partial charge in [-0.15, -0.1) is 0 Å². The number of aryl methyl sites for hydroxylation is 1. The minimum atomic E-state index is -0.417. The molecule has 3 rings (SSSR count). The number of hydrogen-bond donors (Lipinski definition) is 2. The van der Waals surface area contributed by atoms with Gasteiger partial charge in [0.15, 0.2) is 0 Å². The molecule has 1 saturated carbocycles. The van der Waals surface area contributed by atoms with E-state index in [1.807, 2.05) is 0 Å². The first-order chi connectivity index (χ1) is 14.8. The third-order valence-corrected chi connectivity index (χ3v) is 6.48. The van der Waals surface area contributed by atoms with Gasteiger partial charge in [-0.3, -0.25) is 9.59 Å². The molecule has 172 valence electrons. The average molecular weight is 432 g/mol. The Bertz CT molecular complexity index is 806. The second-order valence-electron chi connectivity index (χ2n) is 9.37. The largest absolute Gasteiger partial charge is 0.459 e. The van der Waals surface area contributed by atoms with Crippen LogP contribution in [0, 0.1) is 19.8 Å². The molecule has 1 saturated heterocycles. The Morgan fingerprint density at radius 3 is 2.35 bits per heavy atom. The van der Waals surface area contributed by atoms with Crippen LogP contribution in [0.25, 0.3) is 0 Å². The summed E-state index contributed by atoms with van der Waals surface area (Å²) < 4.78 is 5.33. The molecule has 1 aliphatic carbocycles. The third-order valence-electron chi connectivity index (χ3n) is 6.48. The van der Waals surface area contributed by atoms with Gasteiger partial charge in [0.25, 0.3) is 5.91 Å². The number of aromatic nitrogens is 1. The highest BCUT2D eigenvalue weighted by atomic mass is 16.5. The van der Waals surface area contributed by atoms with Crippen molar-refractivity contribution in [1.82, 2.24) is 15.2 Å². The smallest absolute Gasteiger partial charge is 0.340 e. The lowest BCUT2D eigenvalue weighted by molar-refractivity contribution is -0.127. The number of amides is 2. The molecule has 0 aromatic carbocycles. The molecular weight excluding hydrogens is 394 g/mol. The molecule has 7 nitrogen and oxygen atoms in total. The number of aromatic amines is 1. The topological polar surface area (TPSA) is 91.5 Å². The molecule has 2 amide bonds. The second kappa shape index (κ2) is 10.3. The first kappa shape index (κ1) is 23.4. The Kier molecular flexibility index (Phi) is 7.79. The number of carbonyl (C=O) groups excluding carboxylic acids is 3. The zero-order valence-electron chi connectivity index (χ0n) is 19.4. The van der Waals surface area contributed by atoms with Crippen LogP contribution in [0.1, 0.15) is 97.3 Å². The van der Waals surface area contributed by atoms with Crippen molar-refractivity contribution in [1.29, 1.82) is 0 Å². The van der Waals surface area contributed by atoms with Crippen molar-refractivity contribution >= 4 is 17.8 Å². The second-order valence-corrected chi connectivity index (χ2v) is 9.37. The number of H-pyrrole nitrogens is 1. The highest BCUT2D eigenvalue weighted by molar-refractivity contribution is 6.00. The van der Waals surface area contributed by atoms with Gasteiger partial charge in [0.05, 0.1) is 17.6 Å². The first-order valence-corrected chi connectivity index (χ1v) is 11.8. The van der Waals surface area contributed by atoms with Crippen molar-refractivity contribution in [2.24, 2.45) is 5.92 Å². The van der Waals surface area contributed by atoms with Gasteiger partial charge in [0, 0.05) is 24.8 Å². The van der Waals surface area contributed by atoms with Gasteiger partial charge in [-0.25, -0.2) is 4.79 Å². The fourth-order valence-corrected chi connectivity index (χ4v) is 4.82. The standard InChI is InChI=1S/C24H37N3O4/c1-15(2)31-24(30)20-16(3)21(25-17(20)4)23(29)27-13-9-10-18(14-27)22(28)26-19-11-7-5-6-8-12-19/h15,18-19,25H,5-14H2,1-4H3,(H,26,28). The van der Waals surface area contributed by atoms with Crippen molar-refractivity contribution in [3.8, 4) is 0 Å². The third kappa shape index (κ3) is 5.69. The van der Waals surface area contributed by atoms with E-state index in [-0.39, 0.29) is 29.9 Å². The van der Waals surface area contributed by atoms with Gasteiger partial charge in [0.2, 0.25) is 5.91 Å². The summed E-state index contributed by atoms with van der Waals surface area (Å²) in [5, 5.41) is 3.24. The van der Waals surface area contributed by atoms with Gasteiger partial charge >= 0.3 is 5.97 Å². The quantitative estimate of drug-likeness (QED) is 0.547. The summed E-state index contributed by atoms with van der Waals surface area (Å²) in [6.07, 6.45) is 8.33. The van der Waals surface area contributed by atoms with Crippen molar-refractivity contribution in [3.05, 3.63) is 22.5 Å². The van der Waals surface area contributed by atoms with Crippen LogP contribution in [0.3, 0.4) is 0 Å². The minimum Gasteiger partial charge on any atom is -0.459 e. The summed E-state index contributed by atoms with van der Waals surface area (Å²) in [7, 11) is 0. The van der Waals surface area contributed by atoms with Crippen molar-refractivity contribution < 1.29 is 19.1 Å². The lowest BCUT2D eigenvalue weighted by atomic mass is 9.95. The zero-order chi connectivity index (χ0) is 22.5. The summed E-state index contributed by atoms with van der Waals surface area (Å²) in [4.78, 5) is 43.4. The molecule has 0 spiro atoms. The van der Waals surface area contributed by atoms with E-state index in [4.69, 9.17) is 4.74 Å². The number of ether oxygens (including phenoxy) is 1. The molecule has 1 aromatic rings. The van der Waals surface area contributed by atoms with Crippen LogP contribution in [-0.4, -0.2) is 52.9 Å². The highest BCUT2D eigenvalue weighted by Gasteiger charge is 2.32. The number of nitrogens with one attached hydrogen (secondary N) is 2. The molecule has 7 heteroatoms. The molecule has 2 fully saturated rings. The number of esters is 1. The predicted octanol–water partition coefficient (Wildman–Crippen LogP) is 3.89. The van der Waals surface area contributed by atoms with Gasteiger partial charge in [-0.1, -0.05) is 25.7 Å². The van der Waals surface area contributed by atoms with Crippen LogP contribution in [-0.2, 0) is 9.53 Å². The van der Waals surface area contributed by atoms with E-state index in [1.54, 1.807) is 32.6 Å². The van der Waals surface area contributed by atoms with Gasteiger partial charge in [-0.05, 0) is 58.9 Å². The van der Waals surface area contributed by atoms with E-state index >= 15 is 0 Å². The monoisotopic (exact) mass is 431 g/mol. The molecule has 31 heavy (non-hydrogen) atoms. The van der Waals surface area contributed by atoms with Crippen LogP contribution in [0.5, 0.6) is 0 Å². The Morgan fingerprint density at radius 2 is 1.71 bits per heavy atom. The Balaban J connectivity index is 1.66. The van der Waals surface area contributed by atoms with Gasteiger partial charge in [-0.2, -0.15) is 0 Å². The fraction of sp³-hybridized carbons (Fsp3) is 0.708. The van der Waals surface area contributed by atoms with E-state index in [0.717, 1.165) is 25.7 Å². The van der Waals surface area contributed by atoms with Gasteiger partial charge in [0.1, 0.15) is 5.69 Å². The van der Waals surface area contributed by atoms with Crippen LogP contribution < -0.4 is 5.32 Å². The van der Waals surface area contributed by atoms with Crippen LogP contribution in [0.4, 0.5) is 0 Å². The number of piperidine rings is 1. The van der Waals surface area contributed by atoms with E-state index in [1.165, 1.54) is 25.7 Å². The van der Waals surface area contributed by atoms with Crippen LogP contribution >= 0.6 is 0 Å². The lowest BCUT2D eigenvalue weighted by Crippen LogP contribution is -2.47. The molecule has 2 N–H and O–H groups in total. The molecule has 1 aliphatic heterocycles. The van der Waals surface area contributed by atoms with E-state index in [9.17, 15) is 14.4 Å².